The number of anilines is 2. The van der Waals surface area contributed by atoms with Gasteiger partial charge in [-0.15, -0.1) is 0 Å². The lowest BCUT2D eigenvalue weighted by atomic mass is 9.95. The van der Waals surface area contributed by atoms with E-state index in [0.29, 0.717) is 28.0 Å². The van der Waals surface area contributed by atoms with Crippen molar-refractivity contribution in [2.24, 2.45) is 5.41 Å². The normalized spacial score (nSPS) is 16.3. The molecule has 2 aromatic heterocycles. The molecule has 0 unspecified atom stereocenters. The number of non-ortho nitro benzene ring substituents is 1. The van der Waals surface area contributed by atoms with Crippen LogP contribution in [0.25, 0.3) is 5.69 Å². The zero-order chi connectivity index (χ0) is 32.6. The maximum absolute atomic E-state index is 12.8. The van der Waals surface area contributed by atoms with Gasteiger partial charge in [0.1, 0.15) is 11.5 Å². The van der Waals surface area contributed by atoms with Gasteiger partial charge >= 0.3 is 0 Å². The zero-order valence-electron chi connectivity index (χ0n) is 26.2. The Balaban J connectivity index is 1.66. The van der Waals surface area contributed by atoms with Gasteiger partial charge in [0, 0.05) is 46.9 Å². The molecule has 1 aliphatic rings. The number of benzene rings is 2. The van der Waals surface area contributed by atoms with Gasteiger partial charge in [-0.3, -0.25) is 19.9 Å². The average molecular weight is 629 g/mol. The molecule has 45 heavy (non-hydrogen) atoms. The largest absolute Gasteiger partial charge is 0.495 e. The number of nitro benzene ring substituents is 1. The number of rotatable bonds is 8. The molecule has 3 heterocycles. The fourth-order valence-corrected chi connectivity index (χ4v) is 5.96. The summed E-state index contributed by atoms with van der Waals surface area (Å²) in [5.74, 6) is 0.855. The third-order valence-corrected chi connectivity index (χ3v) is 8.21. The van der Waals surface area contributed by atoms with Crippen molar-refractivity contribution in [1.29, 1.82) is 0 Å². The Labute approximate surface area is 267 Å². The number of hydrogen-bond acceptors (Lipinski definition) is 7. The molecule has 11 nitrogen and oxygen atoms in total. The van der Waals surface area contributed by atoms with E-state index >= 15 is 0 Å². The number of ether oxygens (including phenoxy) is 2. The molecule has 0 saturated carbocycles. The molecule has 0 spiro atoms. The predicted molar refractivity (Wildman–Crippen MR) is 177 cm³/mol. The van der Waals surface area contributed by atoms with E-state index in [-0.39, 0.29) is 23.7 Å². The van der Waals surface area contributed by atoms with Gasteiger partial charge in [0.15, 0.2) is 5.11 Å². The standard InChI is InChI=1S/C33H36N6O5S/c1-19-16-23(20(2)37(19)26-17-22(39(41)42)12-14-27(26)43-6)30-29(25-10-8-9-15-34-25)36-32(45)38(30)21-11-13-24(28(18-21)44-7)35-31(40)33(3,4)5/h8-18,29-30H,1-7H3,(H,35,40)(H,36,45)/t29-,30+/m0/s1. The van der Waals surface area contributed by atoms with E-state index < -0.39 is 10.3 Å². The number of nitrogens with zero attached hydrogens (tertiary/aromatic N) is 4. The van der Waals surface area contributed by atoms with Crippen molar-refractivity contribution in [2.45, 2.75) is 46.7 Å². The quantitative estimate of drug-likeness (QED) is 0.127. The molecule has 2 atom stereocenters. The predicted octanol–water partition coefficient (Wildman–Crippen LogP) is 6.58. The van der Waals surface area contributed by atoms with E-state index in [1.165, 1.54) is 12.1 Å². The minimum atomic E-state index is -0.588. The molecule has 0 bridgehead atoms. The van der Waals surface area contributed by atoms with Crippen molar-refractivity contribution in [3.8, 4) is 17.2 Å². The highest BCUT2D eigenvalue weighted by molar-refractivity contribution is 7.80. The number of thiocarbonyl (C=S) groups is 1. The van der Waals surface area contributed by atoms with Crippen LogP contribution in [-0.4, -0.2) is 39.7 Å². The van der Waals surface area contributed by atoms with Gasteiger partial charge in [0.2, 0.25) is 5.91 Å². The summed E-state index contributed by atoms with van der Waals surface area (Å²) in [7, 11) is 3.10. The van der Waals surface area contributed by atoms with E-state index in [2.05, 4.69) is 21.7 Å². The van der Waals surface area contributed by atoms with E-state index in [4.69, 9.17) is 21.7 Å². The van der Waals surface area contributed by atoms with Crippen molar-refractivity contribution in [3.63, 3.8) is 0 Å². The monoisotopic (exact) mass is 628 g/mol. The molecule has 12 heteroatoms. The Morgan fingerprint density at radius 1 is 1.04 bits per heavy atom. The molecular weight excluding hydrogens is 592 g/mol. The van der Waals surface area contributed by atoms with Crippen LogP contribution < -0.4 is 25.0 Å². The van der Waals surface area contributed by atoms with Crippen LogP contribution in [0.1, 0.15) is 55.5 Å². The lowest BCUT2D eigenvalue weighted by Crippen LogP contribution is -2.30. The number of hydrogen-bond donors (Lipinski definition) is 2. The lowest BCUT2D eigenvalue weighted by Gasteiger charge is -2.29. The molecule has 1 fully saturated rings. The van der Waals surface area contributed by atoms with E-state index in [9.17, 15) is 14.9 Å². The second-order valence-electron chi connectivity index (χ2n) is 11.9. The van der Waals surface area contributed by atoms with Crippen molar-refractivity contribution in [1.82, 2.24) is 14.9 Å². The summed E-state index contributed by atoms with van der Waals surface area (Å²) < 4.78 is 13.3. The fraction of sp³-hybridized carbons (Fsp3) is 0.303. The first-order valence-corrected chi connectivity index (χ1v) is 14.8. The molecule has 4 aromatic rings. The van der Waals surface area contributed by atoms with Gasteiger partial charge in [0.05, 0.1) is 48.3 Å². The minimum Gasteiger partial charge on any atom is -0.495 e. The minimum absolute atomic E-state index is 0.0396. The van der Waals surface area contributed by atoms with Gasteiger partial charge in [0.25, 0.3) is 5.69 Å². The lowest BCUT2D eigenvalue weighted by molar-refractivity contribution is -0.384. The SMILES string of the molecule is COc1cc(N2C(=S)N[C@@H](c3ccccn3)[C@H]2c2cc(C)n(-c3cc([N+](=O)[O-])ccc3OC)c2C)ccc1NC(=O)C(C)(C)C. The Morgan fingerprint density at radius 3 is 2.40 bits per heavy atom. The van der Waals surface area contributed by atoms with Crippen LogP contribution in [0.5, 0.6) is 11.5 Å². The third kappa shape index (κ3) is 5.93. The van der Waals surface area contributed by atoms with Crippen molar-refractivity contribution in [2.75, 3.05) is 24.4 Å². The van der Waals surface area contributed by atoms with E-state index in [0.717, 1.165) is 28.3 Å². The van der Waals surface area contributed by atoms with Crippen molar-refractivity contribution < 1.29 is 19.2 Å². The second kappa shape index (κ2) is 12.2. The van der Waals surface area contributed by atoms with Gasteiger partial charge in [-0.25, -0.2) is 0 Å². The highest BCUT2D eigenvalue weighted by Crippen LogP contribution is 2.45. The summed E-state index contributed by atoms with van der Waals surface area (Å²) in [5, 5.41) is 18.6. The van der Waals surface area contributed by atoms with Crippen LogP contribution in [0.2, 0.25) is 0 Å². The summed E-state index contributed by atoms with van der Waals surface area (Å²) in [5.41, 5.74) is 4.68. The number of nitro groups is 1. The summed E-state index contributed by atoms with van der Waals surface area (Å²) in [6.45, 7) is 9.46. The highest BCUT2D eigenvalue weighted by atomic mass is 32.1. The molecule has 0 radical (unpaired) electrons. The summed E-state index contributed by atoms with van der Waals surface area (Å²) in [6, 6.07) is 17.2. The first-order valence-electron chi connectivity index (χ1n) is 14.4. The first-order chi connectivity index (χ1) is 21.3. The second-order valence-corrected chi connectivity index (χ2v) is 12.2. The number of aryl methyl sites for hydroxylation is 1. The molecule has 1 amide bonds. The number of aromatic nitrogens is 2. The Bertz CT molecular complexity index is 1780. The first kappa shape index (κ1) is 31.5. The Kier molecular flexibility index (Phi) is 8.53. The fourth-order valence-electron chi connectivity index (χ4n) is 5.62. The van der Waals surface area contributed by atoms with Gasteiger partial charge in [-0.05, 0) is 68.0 Å². The van der Waals surface area contributed by atoms with Crippen LogP contribution in [0.4, 0.5) is 17.1 Å². The van der Waals surface area contributed by atoms with Crippen LogP contribution in [0.15, 0.2) is 66.9 Å². The molecule has 1 aliphatic heterocycles. The number of methoxy groups -OCH3 is 2. The van der Waals surface area contributed by atoms with Crippen LogP contribution in [0, 0.1) is 29.4 Å². The topological polar surface area (TPSA) is 124 Å². The number of nitrogens with one attached hydrogen (secondary N) is 2. The Morgan fingerprint density at radius 2 is 1.78 bits per heavy atom. The van der Waals surface area contributed by atoms with Crippen LogP contribution in [-0.2, 0) is 4.79 Å². The molecule has 2 N–H and O–H groups in total. The van der Waals surface area contributed by atoms with Gasteiger partial charge < -0.3 is 29.6 Å². The Hall–Kier alpha value is -4.97. The smallest absolute Gasteiger partial charge is 0.271 e. The van der Waals surface area contributed by atoms with E-state index in [1.807, 2.05) is 80.5 Å². The van der Waals surface area contributed by atoms with Gasteiger partial charge in [-0.2, -0.15) is 0 Å². The zero-order valence-corrected chi connectivity index (χ0v) is 27.1. The number of pyridine rings is 1. The summed E-state index contributed by atoms with van der Waals surface area (Å²) in [6.07, 6.45) is 1.74. The molecule has 234 valence electrons. The highest BCUT2D eigenvalue weighted by Gasteiger charge is 2.42. The molecule has 0 aliphatic carbocycles. The van der Waals surface area contributed by atoms with Crippen molar-refractivity contribution >= 4 is 40.3 Å². The summed E-state index contributed by atoms with van der Waals surface area (Å²) in [4.78, 5) is 30.7. The molecule has 2 aromatic carbocycles. The van der Waals surface area contributed by atoms with Crippen molar-refractivity contribution in [3.05, 3.63) is 99.6 Å². The molecule has 1 saturated heterocycles. The molecule has 5 rings (SSSR count). The van der Waals surface area contributed by atoms with Gasteiger partial charge in [-0.1, -0.05) is 26.8 Å². The summed E-state index contributed by atoms with van der Waals surface area (Å²) >= 11 is 5.94. The number of carbonyl (C=O) groups is 1. The van der Waals surface area contributed by atoms with Crippen LogP contribution in [0.3, 0.4) is 0 Å². The maximum atomic E-state index is 12.8. The van der Waals surface area contributed by atoms with Crippen LogP contribution >= 0.6 is 12.2 Å². The number of carbonyl (C=O) groups excluding carboxylic acids is 1. The third-order valence-electron chi connectivity index (χ3n) is 7.89. The number of amides is 1. The average Bonchev–Trinajstić information content (AvgIpc) is 3.51. The van der Waals surface area contributed by atoms with E-state index in [1.54, 1.807) is 26.5 Å². The maximum Gasteiger partial charge on any atom is 0.271 e. The molecular formula is C33H36N6O5S.